The predicted molar refractivity (Wildman–Crippen MR) is 102 cm³/mol. The van der Waals surface area contributed by atoms with Crippen LogP contribution < -0.4 is 10.3 Å². The first-order valence-corrected chi connectivity index (χ1v) is 8.63. The molecule has 0 unspecified atom stereocenters. The Morgan fingerprint density at radius 3 is 2.65 bits per heavy atom. The van der Waals surface area contributed by atoms with Crippen molar-refractivity contribution in [3.8, 4) is 22.7 Å². The van der Waals surface area contributed by atoms with E-state index in [2.05, 4.69) is 4.98 Å². The second kappa shape index (κ2) is 6.69. The van der Waals surface area contributed by atoms with E-state index in [9.17, 15) is 4.79 Å². The Bertz CT molecular complexity index is 1130. The maximum absolute atomic E-state index is 12.8. The van der Waals surface area contributed by atoms with E-state index < -0.39 is 0 Å². The van der Waals surface area contributed by atoms with Crippen LogP contribution in [0.2, 0.25) is 5.02 Å². The van der Waals surface area contributed by atoms with E-state index >= 15 is 0 Å². The van der Waals surface area contributed by atoms with Crippen LogP contribution in [0.25, 0.3) is 22.6 Å². The molecule has 0 saturated carbocycles. The van der Waals surface area contributed by atoms with Gasteiger partial charge in [0.15, 0.2) is 0 Å². The van der Waals surface area contributed by atoms with Crippen molar-refractivity contribution in [3.05, 3.63) is 82.5 Å². The molecule has 26 heavy (non-hydrogen) atoms. The molecule has 0 radical (unpaired) electrons. The van der Waals surface area contributed by atoms with Crippen molar-refractivity contribution in [2.75, 3.05) is 6.61 Å². The fourth-order valence-corrected chi connectivity index (χ4v) is 3.02. The number of halogens is 1. The van der Waals surface area contributed by atoms with Crippen LogP contribution >= 0.6 is 11.6 Å². The van der Waals surface area contributed by atoms with Gasteiger partial charge in [0.1, 0.15) is 5.75 Å². The van der Waals surface area contributed by atoms with Gasteiger partial charge in [-0.15, -0.1) is 0 Å². The first-order chi connectivity index (χ1) is 12.7. The molecule has 130 valence electrons. The Labute approximate surface area is 155 Å². The van der Waals surface area contributed by atoms with Gasteiger partial charge in [-0.1, -0.05) is 17.7 Å². The van der Waals surface area contributed by atoms with Crippen LogP contribution in [-0.4, -0.2) is 20.6 Å². The lowest BCUT2D eigenvalue weighted by molar-refractivity contribution is 0.340. The molecule has 0 spiro atoms. The lowest BCUT2D eigenvalue weighted by Crippen LogP contribution is -2.19. The van der Waals surface area contributed by atoms with Gasteiger partial charge in [-0.3, -0.25) is 9.36 Å². The Morgan fingerprint density at radius 1 is 1.12 bits per heavy atom. The SMILES string of the molecule is CCOc1ccc(-c2cn3ccn(-c4cccc(Cl)c4)c(=O)c3n2)cc1. The summed E-state index contributed by atoms with van der Waals surface area (Å²) in [5.41, 5.74) is 2.51. The number of aromatic nitrogens is 3. The molecule has 0 aliphatic carbocycles. The van der Waals surface area contributed by atoms with Crippen molar-refractivity contribution < 1.29 is 4.74 Å². The Kier molecular flexibility index (Phi) is 4.22. The number of ether oxygens (including phenoxy) is 1. The molecule has 0 saturated heterocycles. The molecule has 2 heterocycles. The number of rotatable bonds is 4. The van der Waals surface area contributed by atoms with E-state index in [0.717, 1.165) is 17.0 Å². The minimum absolute atomic E-state index is 0.202. The van der Waals surface area contributed by atoms with Gasteiger partial charge < -0.3 is 9.14 Å². The lowest BCUT2D eigenvalue weighted by atomic mass is 10.2. The summed E-state index contributed by atoms with van der Waals surface area (Å²) in [5, 5.41) is 0.577. The predicted octanol–water partition coefficient (Wildman–Crippen LogP) is 4.20. The number of nitrogens with zero attached hydrogens (tertiary/aromatic N) is 3. The van der Waals surface area contributed by atoms with Crippen LogP contribution in [-0.2, 0) is 0 Å². The van der Waals surface area contributed by atoms with E-state index in [1.165, 1.54) is 4.57 Å². The molecule has 0 bridgehead atoms. The van der Waals surface area contributed by atoms with E-state index in [-0.39, 0.29) is 5.56 Å². The largest absolute Gasteiger partial charge is 0.494 e. The average Bonchev–Trinajstić information content (AvgIpc) is 3.08. The van der Waals surface area contributed by atoms with Crippen LogP contribution in [0.1, 0.15) is 6.92 Å². The van der Waals surface area contributed by atoms with E-state index in [0.29, 0.717) is 23.0 Å². The number of imidazole rings is 1. The third kappa shape index (κ3) is 2.97. The van der Waals surface area contributed by atoms with Crippen LogP contribution in [0.5, 0.6) is 5.75 Å². The Morgan fingerprint density at radius 2 is 1.92 bits per heavy atom. The molecule has 4 aromatic rings. The van der Waals surface area contributed by atoms with Gasteiger partial charge in [-0.25, -0.2) is 4.98 Å². The van der Waals surface area contributed by atoms with E-state index in [1.54, 1.807) is 22.7 Å². The van der Waals surface area contributed by atoms with Crippen molar-refractivity contribution in [3.63, 3.8) is 0 Å². The minimum Gasteiger partial charge on any atom is -0.494 e. The first-order valence-electron chi connectivity index (χ1n) is 8.25. The molecule has 0 aliphatic rings. The molecule has 0 N–H and O–H groups in total. The fourth-order valence-electron chi connectivity index (χ4n) is 2.84. The smallest absolute Gasteiger partial charge is 0.298 e. The van der Waals surface area contributed by atoms with E-state index in [4.69, 9.17) is 16.3 Å². The maximum atomic E-state index is 12.8. The van der Waals surface area contributed by atoms with Gasteiger partial charge in [-0.05, 0) is 49.4 Å². The molecule has 4 rings (SSSR count). The first kappa shape index (κ1) is 16.4. The average molecular weight is 366 g/mol. The number of hydrogen-bond acceptors (Lipinski definition) is 3. The molecule has 2 aromatic carbocycles. The standard InChI is InChI=1S/C20H16ClN3O2/c1-2-26-17-8-6-14(7-9-17)18-13-23-10-11-24(20(25)19(23)22-18)16-5-3-4-15(21)12-16/h3-13H,2H2,1H3. The molecule has 0 amide bonds. The highest BCUT2D eigenvalue weighted by atomic mass is 35.5. The van der Waals surface area contributed by atoms with Crippen molar-refractivity contribution in [1.82, 2.24) is 14.0 Å². The second-order valence-corrected chi connectivity index (χ2v) is 6.20. The van der Waals surface area contributed by atoms with Crippen molar-refractivity contribution >= 4 is 17.2 Å². The molecule has 0 fully saturated rings. The third-order valence-electron chi connectivity index (χ3n) is 4.07. The zero-order chi connectivity index (χ0) is 18.1. The van der Waals surface area contributed by atoms with Crippen molar-refractivity contribution in [1.29, 1.82) is 0 Å². The van der Waals surface area contributed by atoms with Crippen molar-refractivity contribution in [2.45, 2.75) is 6.92 Å². The number of hydrogen-bond donors (Lipinski definition) is 0. The summed E-state index contributed by atoms with van der Waals surface area (Å²) in [6, 6.07) is 14.8. The molecule has 0 atom stereocenters. The van der Waals surface area contributed by atoms with E-state index in [1.807, 2.05) is 55.7 Å². The minimum atomic E-state index is -0.202. The molecule has 0 aliphatic heterocycles. The Balaban J connectivity index is 1.78. The third-order valence-corrected chi connectivity index (χ3v) is 4.30. The topological polar surface area (TPSA) is 48.5 Å². The summed E-state index contributed by atoms with van der Waals surface area (Å²) >= 11 is 6.04. The van der Waals surface area contributed by atoms with Crippen LogP contribution in [0.4, 0.5) is 0 Å². The number of benzene rings is 2. The van der Waals surface area contributed by atoms with Crippen LogP contribution in [0.3, 0.4) is 0 Å². The summed E-state index contributed by atoms with van der Waals surface area (Å²) in [6.07, 6.45) is 5.36. The zero-order valence-electron chi connectivity index (χ0n) is 14.1. The van der Waals surface area contributed by atoms with Gasteiger partial charge in [0.05, 0.1) is 18.0 Å². The summed E-state index contributed by atoms with van der Waals surface area (Å²) in [4.78, 5) is 17.4. The quantitative estimate of drug-likeness (QED) is 0.544. The van der Waals surface area contributed by atoms with Crippen molar-refractivity contribution in [2.24, 2.45) is 0 Å². The maximum Gasteiger partial charge on any atom is 0.298 e. The molecule has 5 nitrogen and oxygen atoms in total. The summed E-state index contributed by atoms with van der Waals surface area (Å²) < 4.78 is 8.73. The fraction of sp³-hybridized carbons (Fsp3) is 0.100. The van der Waals surface area contributed by atoms with Gasteiger partial charge in [0.2, 0.25) is 5.65 Å². The highest BCUT2D eigenvalue weighted by Gasteiger charge is 2.10. The zero-order valence-corrected chi connectivity index (χ0v) is 14.8. The van der Waals surface area contributed by atoms with Crippen LogP contribution in [0, 0.1) is 0 Å². The summed E-state index contributed by atoms with van der Waals surface area (Å²) in [6.45, 7) is 2.57. The van der Waals surface area contributed by atoms with Gasteiger partial charge >= 0.3 is 0 Å². The highest BCUT2D eigenvalue weighted by Crippen LogP contribution is 2.22. The molecule has 2 aromatic heterocycles. The van der Waals surface area contributed by atoms with Gasteiger partial charge in [0.25, 0.3) is 5.56 Å². The molecule has 6 heteroatoms. The Hall–Kier alpha value is -3.05. The summed E-state index contributed by atoms with van der Waals surface area (Å²) in [5.74, 6) is 0.809. The van der Waals surface area contributed by atoms with Gasteiger partial charge in [-0.2, -0.15) is 0 Å². The molecular weight excluding hydrogens is 350 g/mol. The van der Waals surface area contributed by atoms with Crippen LogP contribution in [0.15, 0.2) is 71.9 Å². The monoisotopic (exact) mass is 365 g/mol. The normalized spacial score (nSPS) is 11.0. The summed E-state index contributed by atoms with van der Waals surface area (Å²) in [7, 11) is 0. The second-order valence-electron chi connectivity index (χ2n) is 5.77. The highest BCUT2D eigenvalue weighted by molar-refractivity contribution is 6.30. The number of fused-ring (bicyclic) bond motifs is 1. The van der Waals surface area contributed by atoms with Gasteiger partial charge in [0, 0.05) is 29.2 Å². The lowest BCUT2D eigenvalue weighted by Gasteiger charge is -2.05. The molecular formula is C20H16ClN3O2.